The molecule has 0 saturated heterocycles. The van der Waals surface area contributed by atoms with Crippen molar-refractivity contribution < 1.29 is 5.11 Å². The van der Waals surface area contributed by atoms with Gasteiger partial charge in [0.2, 0.25) is 5.62 Å². The normalized spacial score (nSPS) is 12.2. The van der Waals surface area contributed by atoms with Crippen LogP contribution in [0.4, 0.5) is 0 Å². The summed E-state index contributed by atoms with van der Waals surface area (Å²) >= 11 is 0. The van der Waals surface area contributed by atoms with Crippen molar-refractivity contribution in [3.05, 3.63) is 103 Å². The fourth-order valence-electron chi connectivity index (χ4n) is 3.60. The standard InChI is InChI=1S/C24H23N3O/c1-2-16-26-21-10-6-7-11-22(21)27(24(26)25)17-23(28)20-14-12-19(13-15-20)18-8-4-3-5-9-18/h2-15,23,25,28H,1,16-17H2/t23-/m1/s1. The molecule has 1 heterocycles. The molecule has 4 rings (SSSR count). The van der Waals surface area contributed by atoms with Gasteiger partial charge in [0, 0.05) is 6.54 Å². The molecule has 1 aromatic heterocycles. The van der Waals surface area contributed by atoms with Crippen molar-refractivity contribution >= 4 is 11.0 Å². The molecule has 0 radical (unpaired) electrons. The van der Waals surface area contributed by atoms with Crippen molar-refractivity contribution in [2.24, 2.45) is 0 Å². The number of hydrogen-bond donors (Lipinski definition) is 2. The van der Waals surface area contributed by atoms with Crippen molar-refractivity contribution in [3.63, 3.8) is 0 Å². The van der Waals surface area contributed by atoms with Gasteiger partial charge in [0.1, 0.15) is 0 Å². The summed E-state index contributed by atoms with van der Waals surface area (Å²) in [5, 5.41) is 19.4. The van der Waals surface area contributed by atoms with E-state index in [0.717, 1.165) is 27.7 Å². The minimum Gasteiger partial charge on any atom is -0.387 e. The molecule has 0 spiro atoms. The van der Waals surface area contributed by atoms with E-state index >= 15 is 0 Å². The summed E-state index contributed by atoms with van der Waals surface area (Å²) in [7, 11) is 0. The van der Waals surface area contributed by atoms with Gasteiger partial charge in [-0.2, -0.15) is 0 Å². The second-order valence-electron chi connectivity index (χ2n) is 6.83. The number of rotatable bonds is 6. The largest absolute Gasteiger partial charge is 0.387 e. The monoisotopic (exact) mass is 369 g/mol. The Morgan fingerprint density at radius 1 is 0.821 bits per heavy atom. The van der Waals surface area contributed by atoms with Gasteiger partial charge < -0.3 is 14.2 Å². The number of para-hydroxylation sites is 2. The van der Waals surface area contributed by atoms with E-state index in [1.807, 2.05) is 75.9 Å². The Hall–Kier alpha value is -3.37. The second kappa shape index (κ2) is 7.71. The zero-order valence-corrected chi connectivity index (χ0v) is 15.6. The predicted molar refractivity (Wildman–Crippen MR) is 113 cm³/mol. The number of nitrogens with zero attached hydrogens (tertiary/aromatic N) is 2. The number of aromatic nitrogens is 2. The number of aliphatic hydroxyl groups is 1. The number of fused-ring (bicyclic) bond motifs is 1. The summed E-state index contributed by atoms with van der Waals surface area (Å²) in [4.78, 5) is 0. The van der Waals surface area contributed by atoms with Crippen molar-refractivity contribution in [2.45, 2.75) is 19.2 Å². The number of imidazole rings is 1. The summed E-state index contributed by atoms with van der Waals surface area (Å²) in [5.41, 5.74) is 5.38. The molecule has 0 amide bonds. The Labute approximate surface area is 164 Å². The second-order valence-corrected chi connectivity index (χ2v) is 6.83. The molecular formula is C24H23N3O. The van der Waals surface area contributed by atoms with Crippen LogP contribution in [0.15, 0.2) is 91.5 Å². The highest BCUT2D eigenvalue weighted by atomic mass is 16.3. The SMILES string of the molecule is C=CCn1c(=N)n(C[C@@H](O)c2ccc(-c3ccccc3)cc2)c2ccccc21. The summed E-state index contributed by atoms with van der Waals surface area (Å²) in [5.74, 6) is 0. The highest BCUT2D eigenvalue weighted by Crippen LogP contribution is 2.23. The van der Waals surface area contributed by atoms with E-state index in [2.05, 4.69) is 18.7 Å². The van der Waals surface area contributed by atoms with E-state index < -0.39 is 6.10 Å². The van der Waals surface area contributed by atoms with Crippen molar-refractivity contribution in [2.75, 3.05) is 0 Å². The van der Waals surface area contributed by atoms with Crippen LogP contribution in [0, 0.1) is 5.41 Å². The lowest BCUT2D eigenvalue weighted by atomic mass is 10.0. The Bertz CT molecular complexity index is 1150. The number of allylic oxidation sites excluding steroid dienone is 1. The van der Waals surface area contributed by atoms with Crippen LogP contribution in [0.2, 0.25) is 0 Å². The molecular weight excluding hydrogens is 346 g/mol. The third-order valence-corrected chi connectivity index (χ3v) is 5.04. The zero-order valence-electron chi connectivity index (χ0n) is 15.6. The van der Waals surface area contributed by atoms with Crippen LogP contribution < -0.4 is 5.62 Å². The van der Waals surface area contributed by atoms with Crippen LogP contribution in [0.3, 0.4) is 0 Å². The van der Waals surface area contributed by atoms with Crippen LogP contribution in [0.25, 0.3) is 22.2 Å². The van der Waals surface area contributed by atoms with Crippen LogP contribution in [-0.2, 0) is 13.1 Å². The molecule has 0 bridgehead atoms. The third kappa shape index (κ3) is 3.30. The van der Waals surface area contributed by atoms with Crippen LogP contribution in [0.1, 0.15) is 11.7 Å². The molecule has 3 aromatic carbocycles. The topological polar surface area (TPSA) is 53.9 Å². The van der Waals surface area contributed by atoms with Gasteiger partial charge in [-0.1, -0.05) is 72.8 Å². The molecule has 0 fully saturated rings. The molecule has 0 aliphatic heterocycles. The summed E-state index contributed by atoms with van der Waals surface area (Å²) < 4.78 is 3.75. The first-order chi connectivity index (χ1) is 13.7. The van der Waals surface area contributed by atoms with Gasteiger partial charge in [-0.15, -0.1) is 6.58 Å². The molecule has 1 atom stereocenters. The fourth-order valence-corrected chi connectivity index (χ4v) is 3.60. The Kier molecular flexibility index (Phi) is 4.96. The van der Waals surface area contributed by atoms with Gasteiger partial charge in [-0.3, -0.25) is 5.41 Å². The smallest absolute Gasteiger partial charge is 0.203 e. The highest BCUT2D eigenvalue weighted by Gasteiger charge is 2.14. The van der Waals surface area contributed by atoms with Crippen LogP contribution in [0.5, 0.6) is 0 Å². The lowest BCUT2D eigenvalue weighted by Gasteiger charge is -2.13. The number of aliphatic hydroxyl groups excluding tert-OH is 1. The summed E-state index contributed by atoms with van der Waals surface area (Å²) in [6.07, 6.45) is 1.09. The van der Waals surface area contributed by atoms with Gasteiger partial charge in [0.15, 0.2) is 0 Å². The first-order valence-corrected chi connectivity index (χ1v) is 9.36. The van der Waals surface area contributed by atoms with Crippen molar-refractivity contribution in [1.29, 1.82) is 5.41 Å². The molecule has 0 aliphatic carbocycles. The van der Waals surface area contributed by atoms with Gasteiger partial charge >= 0.3 is 0 Å². The maximum absolute atomic E-state index is 10.8. The van der Waals surface area contributed by atoms with E-state index in [0.29, 0.717) is 18.7 Å². The molecule has 28 heavy (non-hydrogen) atoms. The van der Waals surface area contributed by atoms with E-state index in [1.54, 1.807) is 6.08 Å². The van der Waals surface area contributed by atoms with Crippen molar-refractivity contribution in [1.82, 2.24) is 9.13 Å². The van der Waals surface area contributed by atoms with E-state index in [9.17, 15) is 5.11 Å². The van der Waals surface area contributed by atoms with Gasteiger partial charge in [0.05, 0.1) is 23.7 Å². The summed E-state index contributed by atoms with van der Waals surface area (Å²) in [6.45, 7) is 4.68. The summed E-state index contributed by atoms with van der Waals surface area (Å²) in [6, 6.07) is 26.1. The average Bonchev–Trinajstić information content (AvgIpc) is 3.01. The fraction of sp³-hybridized carbons (Fsp3) is 0.125. The molecule has 0 aliphatic rings. The first-order valence-electron chi connectivity index (χ1n) is 9.36. The minimum atomic E-state index is -0.693. The predicted octanol–water partition coefficient (Wildman–Crippen LogP) is 4.51. The lowest BCUT2D eigenvalue weighted by Crippen LogP contribution is -2.26. The lowest BCUT2D eigenvalue weighted by molar-refractivity contribution is 0.156. The number of nitrogens with one attached hydrogen (secondary N) is 1. The van der Waals surface area contributed by atoms with Crippen LogP contribution >= 0.6 is 0 Å². The quantitative estimate of drug-likeness (QED) is 0.483. The minimum absolute atomic E-state index is 0.328. The number of hydrogen-bond acceptors (Lipinski definition) is 2. The molecule has 0 saturated carbocycles. The maximum Gasteiger partial charge on any atom is 0.203 e. The third-order valence-electron chi connectivity index (χ3n) is 5.04. The molecule has 4 aromatic rings. The van der Waals surface area contributed by atoms with Crippen molar-refractivity contribution in [3.8, 4) is 11.1 Å². The van der Waals surface area contributed by atoms with Gasteiger partial charge in [-0.25, -0.2) is 0 Å². The molecule has 140 valence electrons. The molecule has 0 unspecified atom stereocenters. The van der Waals surface area contributed by atoms with Gasteiger partial charge in [-0.05, 0) is 28.8 Å². The van der Waals surface area contributed by atoms with E-state index in [-0.39, 0.29) is 0 Å². The zero-order chi connectivity index (χ0) is 19.5. The van der Waals surface area contributed by atoms with Gasteiger partial charge in [0.25, 0.3) is 0 Å². The number of benzene rings is 3. The van der Waals surface area contributed by atoms with E-state index in [1.165, 1.54) is 0 Å². The van der Waals surface area contributed by atoms with E-state index in [4.69, 9.17) is 5.41 Å². The maximum atomic E-state index is 10.8. The molecule has 4 nitrogen and oxygen atoms in total. The Morgan fingerprint density at radius 2 is 1.39 bits per heavy atom. The first kappa shape index (κ1) is 18.0. The molecule has 2 N–H and O–H groups in total. The molecule has 4 heteroatoms. The Balaban J connectivity index is 1.64. The highest BCUT2D eigenvalue weighted by molar-refractivity contribution is 5.76. The average molecular weight is 369 g/mol. The van der Waals surface area contributed by atoms with Crippen LogP contribution in [-0.4, -0.2) is 14.2 Å². The Morgan fingerprint density at radius 3 is 2.04 bits per heavy atom.